The van der Waals surface area contributed by atoms with E-state index in [1.165, 1.54) is 18.2 Å². The molecular weight excluding hydrogens is 271 g/mol. The minimum atomic E-state index is -3.13. The molecule has 0 radical (unpaired) electrons. The van der Waals surface area contributed by atoms with E-state index < -0.39 is 9.84 Å². The van der Waals surface area contributed by atoms with Crippen molar-refractivity contribution in [2.75, 3.05) is 12.0 Å². The SMILES string of the molecule is CS(=O)(=O)CCC(=O)c1ccc(Cl)c(Cl)c1. The summed E-state index contributed by atoms with van der Waals surface area (Å²) >= 11 is 11.4. The van der Waals surface area contributed by atoms with Crippen LogP contribution in [0.5, 0.6) is 0 Å². The van der Waals surface area contributed by atoms with Gasteiger partial charge in [0.25, 0.3) is 0 Å². The Balaban J connectivity index is 2.78. The number of hydrogen-bond acceptors (Lipinski definition) is 3. The van der Waals surface area contributed by atoms with E-state index in [4.69, 9.17) is 23.2 Å². The monoisotopic (exact) mass is 280 g/mol. The van der Waals surface area contributed by atoms with Crippen molar-refractivity contribution in [1.29, 1.82) is 0 Å². The highest BCUT2D eigenvalue weighted by Gasteiger charge is 2.11. The molecule has 0 spiro atoms. The van der Waals surface area contributed by atoms with Gasteiger partial charge in [0.05, 0.1) is 15.8 Å². The van der Waals surface area contributed by atoms with Crippen LogP contribution in [0.2, 0.25) is 10.0 Å². The molecule has 0 atom stereocenters. The highest BCUT2D eigenvalue weighted by atomic mass is 35.5. The van der Waals surface area contributed by atoms with Crippen molar-refractivity contribution in [2.45, 2.75) is 6.42 Å². The maximum atomic E-state index is 11.6. The molecule has 0 aromatic heterocycles. The molecule has 88 valence electrons. The van der Waals surface area contributed by atoms with Gasteiger partial charge in [-0.1, -0.05) is 23.2 Å². The highest BCUT2D eigenvalue weighted by molar-refractivity contribution is 7.90. The van der Waals surface area contributed by atoms with Gasteiger partial charge in [0.15, 0.2) is 5.78 Å². The second-order valence-electron chi connectivity index (χ2n) is 3.43. The summed E-state index contributed by atoms with van der Waals surface area (Å²) in [7, 11) is -3.13. The topological polar surface area (TPSA) is 51.2 Å². The third-order valence-corrected chi connectivity index (χ3v) is 3.63. The summed E-state index contributed by atoms with van der Waals surface area (Å²) in [5, 5.41) is 0.646. The smallest absolute Gasteiger partial charge is 0.163 e. The second kappa shape index (κ2) is 5.17. The van der Waals surface area contributed by atoms with Crippen LogP contribution < -0.4 is 0 Å². The first kappa shape index (κ1) is 13.5. The van der Waals surface area contributed by atoms with Crippen LogP contribution in [-0.4, -0.2) is 26.2 Å². The standard InChI is InChI=1S/C10H10Cl2O3S/c1-16(14,15)5-4-10(13)7-2-3-8(11)9(12)6-7/h2-3,6H,4-5H2,1H3. The van der Waals surface area contributed by atoms with E-state index in [1.54, 1.807) is 0 Å². The van der Waals surface area contributed by atoms with Crippen LogP contribution >= 0.6 is 23.2 Å². The fraction of sp³-hybridized carbons (Fsp3) is 0.300. The van der Waals surface area contributed by atoms with Crippen LogP contribution in [0.4, 0.5) is 0 Å². The minimum Gasteiger partial charge on any atom is -0.294 e. The Morgan fingerprint density at radius 1 is 1.25 bits per heavy atom. The molecule has 0 unspecified atom stereocenters. The predicted molar refractivity (Wildman–Crippen MR) is 65.1 cm³/mol. The molecule has 0 aliphatic rings. The van der Waals surface area contributed by atoms with Gasteiger partial charge in [-0.15, -0.1) is 0 Å². The number of rotatable bonds is 4. The van der Waals surface area contributed by atoms with Crippen LogP contribution in [0, 0.1) is 0 Å². The van der Waals surface area contributed by atoms with Crippen LogP contribution in [-0.2, 0) is 9.84 Å². The molecule has 1 aromatic carbocycles. The van der Waals surface area contributed by atoms with Gasteiger partial charge in [-0.3, -0.25) is 4.79 Å². The molecule has 3 nitrogen and oxygen atoms in total. The van der Waals surface area contributed by atoms with Gasteiger partial charge < -0.3 is 0 Å². The summed E-state index contributed by atoms with van der Waals surface area (Å²) in [6, 6.07) is 4.48. The zero-order valence-corrected chi connectivity index (χ0v) is 10.9. The number of ketones is 1. The minimum absolute atomic E-state index is 0.0448. The van der Waals surface area contributed by atoms with E-state index in [0.29, 0.717) is 10.6 Å². The van der Waals surface area contributed by atoms with Gasteiger partial charge in [0, 0.05) is 18.2 Å². The summed E-state index contributed by atoms with van der Waals surface area (Å²) in [4.78, 5) is 11.6. The first-order valence-corrected chi connectivity index (χ1v) is 7.27. The third-order valence-electron chi connectivity index (χ3n) is 1.94. The van der Waals surface area contributed by atoms with Crippen LogP contribution in [0.15, 0.2) is 18.2 Å². The highest BCUT2D eigenvalue weighted by Crippen LogP contribution is 2.23. The van der Waals surface area contributed by atoms with E-state index in [0.717, 1.165) is 6.26 Å². The van der Waals surface area contributed by atoms with Crippen molar-refractivity contribution in [3.05, 3.63) is 33.8 Å². The van der Waals surface area contributed by atoms with E-state index in [9.17, 15) is 13.2 Å². The fourth-order valence-corrected chi connectivity index (χ4v) is 1.95. The normalized spacial score (nSPS) is 11.4. The molecule has 0 amide bonds. The van der Waals surface area contributed by atoms with Gasteiger partial charge >= 0.3 is 0 Å². The third kappa shape index (κ3) is 4.12. The molecule has 0 saturated carbocycles. The number of benzene rings is 1. The lowest BCUT2D eigenvalue weighted by molar-refractivity contribution is 0.0989. The summed E-state index contributed by atoms with van der Waals surface area (Å²) in [6.07, 6.45) is 1.05. The van der Waals surface area contributed by atoms with Crippen LogP contribution in [0.3, 0.4) is 0 Å². The average molecular weight is 281 g/mol. The lowest BCUT2D eigenvalue weighted by atomic mass is 10.1. The molecule has 0 fully saturated rings. The number of sulfone groups is 1. The quantitative estimate of drug-likeness (QED) is 0.797. The van der Waals surface area contributed by atoms with E-state index >= 15 is 0 Å². The van der Waals surface area contributed by atoms with Crippen molar-refractivity contribution in [1.82, 2.24) is 0 Å². The molecule has 0 heterocycles. The van der Waals surface area contributed by atoms with Crippen LogP contribution in [0.1, 0.15) is 16.8 Å². The molecule has 16 heavy (non-hydrogen) atoms. The summed E-state index contributed by atoms with van der Waals surface area (Å²) < 4.78 is 21.8. The molecule has 0 N–H and O–H groups in total. The first-order chi connectivity index (χ1) is 7.29. The van der Waals surface area contributed by atoms with Crippen molar-refractivity contribution in [3.63, 3.8) is 0 Å². The van der Waals surface area contributed by atoms with E-state index in [-0.39, 0.29) is 23.0 Å². The number of carbonyl (C=O) groups excluding carboxylic acids is 1. The number of halogens is 2. The predicted octanol–water partition coefficient (Wildman–Crippen LogP) is 2.61. The Bertz CT molecular complexity index is 509. The maximum Gasteiger partial charge on any atom is 0.163 e. The summed E-state index contributed by atoms with van der Waals surface area (Å²) in [5.41, 5.74) is 0.373. The molecular formula is C10H10Cl2O3S. The van der Waals surface area contributed by atoms with Crippen molar-refractivity contribution >= 4 is 38.8 Å². The Hall–Kier alpha value is -0.580. The van der Waals surface area contributed by atoms with Crippen molar-refractivity contribution in [2.24, 2.45) is 0 Å². The number of Topliss-reactive ketones (excluding diaryl/α,β-unsaturated/α-hetero) is 1. The molecule has 0 saturated heterocycles. The molecule has 0 bridgehead atoms. The molecule has 0 aliphatic carbocycles. The zero-order chi connectivity index (χ0) is 12.3. The number of hydrogen-bond donors (Lipinski definition) is 0. The summed E-state index contributed by atoms with van der Waals surface area (Å²) in [6.45, 7) is 0. The second-order valence-corrected chi connectivity index (χ2v) is 6.51. The summed E-state index contributed by atoms with van der Waals surface area (Å²) in [5.74, 6) is -0.421. The van der Waals surface area contributed by atoms with Crippen molar-refractivity contribution in [3.8, 4) is 0 Å². The Morgan fingerprint density at radius 3 is 2.38 bits per heavy atom. The average Bonchev–Trinajstić information content (AvgIpc) is 2.17. The van der Waals surface area contributed by atoms with Crippen molar-refractivity contribution < 1.29 is 13.2 Å². The maximum absolute atomic E-state index is 11.6. The first-order valence-electron chi connectivity index (χ1n) is 4.45. The van der Waals surface area contributed by atoms with Gasteiger partial charge in [0.2, 0.25) is 0 Å². The lowest BCUT2D eigenvalue weighted by Gasteiger charge is -2.02. The Morgan fingerprint density at radius 2 is 1.88 bits per heavy atom. The Labute approximate surface area is 104 Å². The van der Waals surface area contributed by atoms with Gasteiger partial charge in [-0.05, 0) is 18.2 Å². The largest absolute Gasteiger partial charge is 0.294 e. The van der Waals surface area contributed by atoms with Gasteiger partial charge in [-0.2, -0.15) is 0 Å². The molecule has 1 rings (SSSR count). The molecule has 0 aliphatic heterocycles. The zero-order valence-electron chi connectivity index (χ0n) is 8.54. The van der Waals surface area contributed by atoms with Gasteiger partial charge in [0.1, 0.15) is 9.84 Å². The van der Waals surface area contributed by atoms with E-state index in [1.807, 2.05) is 0 Å². The van der Waals surface area contributed by atoms with Gasteiger partial charge in [-0.25, -0.2) is 8.42 Å². The molecule has 1 aromatic rings. The van der Waals surface area contributed by atoms with E-state index in [2.05, 4.69) is 0 Å². The molecule has 6 heteroatoms. The van der Waals surface area contributed by atoms with Crippen LogP contribution in [0.25, 0.3) is 0 Å². The Kier molecular flexibility index (Phi) is 4.35. The number of carbonyl (C=O) groups is 1. The lowest BCUT2D eigenvalue weighted by Crippen LogP contribution is -2.09. The fourth-order valence-electron chi connectivity index (χ4n) is 1.09.